The Morgan fingerprint density at radius 2 is 1.94 bits per heavy atom. The van der Waals surface area contributed by atoms with Crippen LogP contribution in [-0.2, 0) is 19.2 Å². The number of hydrogen-bond donors (Lipinski definition) is 2. The molecule has 18 heavy (non-hydrogen) atoms. The van der Waals surface area contributed by atoms with Crippen molar-refractivity contribution in [1.82, 2.24) is 15.5 Å². The summed E-state index contributed by atoms with van der Waals surface area (Å²) in [7, 11) is 0. The van der Waals surface area contributed by atoms with Gasteiger partial charge in [-0.25, -0.2) is 0 Å². The summed E-state index contributed by atoms with van der Waals surface area (Å²) in [4.78, 5) is 47.2. The molecular formula is C11H17N3O4. The molecule has 1 atom stereocenters. The summed E-state index contributed by atoms with van der Waals surface area (Å²) in [6, 6.07) is -0.777. The standard InChI is InChI=1S/C11H17N3O4/c1-6(12-7(2)15)9(17)14-5-8(16)13-10(18)11(14,3)4/h6H,5H2,1-4H3,(H,12,15)(H,13,16,18). The molecule has 4 amide bonds. The quantitative estimate of drug-likeness (QED) is 0.604. The van der Waals surface area contributed by atoms with Crippen LogP contribution in [0.25, 0.3) is 0 Å². The van der Waals surface area contributed by atoms with Gasteiger partial charge in [0.1, 0.15) is 18.1 Å². The molecular weight excluding hydrogens is 238 g/mol. The third-order valence-electron chi connectivity index (χ3n) is 2.84. The molecule has 2 N–H and O–H groups in total. The molecule has 1 unspecified atom stereocenters. The fraction of sp³-hybridized carbons (Fsp3) is 0.636. The lowest BCUT2D eigenvalue weighted by molar-refractivity contribution is -0.156. The summed E-state index contributed by atoms with van der Waals surface area (Å²) in [6.07, 6.45) is 0. The SMILES string of the molecule is CC(=O)NC(C)C(=O)N1CC(=O)NC(=O)C1(C)C. The fourth-order valence-corrected chi connectivity index (χ4v) is 1.74. The highest BCUT2D eigenvalue weighted by molar-refractivity contribution is 6.06. The van der Waals surface area contributed by atoms with E-state index in [-0.39, 0.29) is 12.5 Å². The molecule has 0 aromatic heterocycles. The molecule has 7 nitrogen and oxygen atoms in total. The van der Waals surface area contributed by atoms with E-state index in [2.05, 4.69) is 10.6 Å². The normalized spacial score (nSPS) is 20.1. The largest absolute Gasteiger partial charge is 0.345 e. The van der Waals surface area contributed by atoms with Crippen molar-refractivity contribution in [1.29, 1.82) is 0 Å². The van der Waals surface area contributed by atoms with E-state index in [0.717, 1.165) is 0 Å². The monoisotopic (exact) mass is 255 g/mol. The molecule has 0 aromatic rings. The molecule has 1 aliphatic rings. The number of imide groups is 1. The molecule has 1 saturated heterocycles. The van der Waals surface area contributed by atoms with Crippen LogP contribution in [0.5, 0.6) is 0 Å². The van der Waals surface area contributed by atoms with Gasteiger partial charge in [-0.3, -0.25) is 24.5 Å². The topological polar surface area (TPSA) is 95.6 Å². The van der Waals surface area contributed by atoms with Gasteiger partial charge < -0.3 is 10.2 Å². The number of amides is 4. The van der Waals surface area contributed by atoms with E-state index in [4.69, 9.17) is 0 Å². The van der Waals surface area contributed by atoms with Crippen LogP contribution in [0.1, 0.15) is 27.7 Å². The number of nitrogens with zero attached hydrogens (tertiary/aromatic N) is 1. The maximum Gasteiger partial charge on any atom is 0.252 e. The molecule has 0 radical (unpaired) electrons. The fourth-order valence-electron chi connectivity index (χ4n) is 1.74. The number of nitrogens with one attached hydrogen (secondary N) is 2. The lowest BCUT2D eigenvalue weighted by atomic mass is 9.97. The van der Waals surface area contributed by atoms with E-state index < -0.39 is 29.3 Å². The van der Waals surface area contributed by atoms with Gasteiger partial charge in [0.2, 0.25) is 17.7 Å². The Morgan fingerprint density at radius 3 is 2.44 bits per heavy atom. The summed E-state index contributed by atoms with van der Waals surface area (Å²) in [5.41, 5.74) is -1.11. The van der Waals surface area contributed by atoms with Crippen molar-refractivity contribution in [2.24, 2.45) is 0 Å². The van der Waals surface area contributed by atoms with Crippen molar-refractivity contribution in [3.63, 3.8) is 0 Å². The lowest BCUT2D eigenvalue weighted by Gasteiger charge is -2.41. The molecule has 0 spiro atoms. The van der Waals surface area contributed by atoms with Crippen LogP contribution >= 0.6 is 0 Å². The van der Waals surface area contributed by atoms with Crippen LogP contribution in [0.3, 0.4) is 0 Å². The average molecular weight is 255 g/mol. The number of rotatable bonds is 2. The van der Waals surface area contributed by atoms with Crippen LogP contribution in [0.15, 0.2) is 0 Å². The maximum absolute atomic E-state index is 12.1. The Hall–Kier alpha value is -1.92. The van der Waals surface area contributed by atoms with E-state index in [9.17, 15) is 19.2 Å². The third-order valence-corrected chi connectivity index (χ3v) is 2.84. The first-order chi connectivity index (χ1) is 8.16. The van der Waals surface area contributed by atoms with Crippen LogP contribution < -0.4 is 10.6 Å². The molecule has 100 valence electrons. The summed E-state index contributed by atoms with van der Waals surface area (Å²) in [5.74, 6) is -1.86. The van der Waals surface area contributed by atoms with Crippen molar-refractivity contribution in [3.8, 4) is 0 Å². The second-order valence-corrected chi connectivity index (χ2v) is 4.78. The van der Waals surface area contributed by atoms with E-state index in [1.54, 1.807) is 13.8 Å². The Balaban J connectivity index is 2.91. The molecule has 0 aliphatic carbocycles. The first kappa shape index (κ1) is 14.1. The minimum atomic E-state index is -1.11. The van der Waals surface area contributed by atoms with Crippen molar-refractivity contribution >= 4 is 23.6 Å². The summed E-state index contributed by atoms with van der Waals surface area (Å²) in [5, 5.41) is 4.61. The molecule has 0 saturated carbocycles. The summed E-state index contributed by atoms with van der Waals surface area (Å²) in [6.45, 7) is 5.71. The van der Waals surface area contributed by atoms with Gasteiger partial charge in [-0.2, -0.15) is 0 Å². The molecule has 1 rings (SSSR count). The van der Waals surface area contributed by atoms with Crippen molar-refractivity contribution < 1.29 is 19.2 Å². The Morgan fingerprint density at radius 1 is 1.39 bits per heavy atom. The molecule has 0 aromatic carbocycles. The van der Waals surface area contributed by atoms with Gasteiger partial charge in [-0.05, 0) is 20.8 Å². The zero-order valence-corrected chi connectivity index (χ0v) is 10.9. The molecule has 0 bridgehead atoms. The van der Waals surface area contributed by atoms with Crippen molar-refractivity contribution in [2.75, 3.05) is 6.54 Å². The Labute approximate surface area is 105 Å². The van der Waals surface area contributed by atoms with E-state index in [0.29, 0.717) is 0 Å². The smallest absolute Gasteiger partial charge is 0.252 e. The number of carbonyl (C=O) groups excluding carboxylic acids is 4. The zero-order chi connectivity index (χ0) is 14.1. The maximum atomic E-state index is 12.1. The highest BCUT2D eigenvalue weighted by atomic mass is 16.2. The average Bonchev–Trinajstić information content (AvgIpc) is 2.21. The van der Waals surface area contributed by atoms with Gasteiger partial charge in [0.15, 0.2) is 0 Å². The van der Waals surface area contributed by atoms with Crippen molar-refractivity contribution in [2.45, 2.75) is 39.3 Å². The minimum Gasteiger partial charge on any atom is -0.345 e. The third kappa shape index (κ3) is 2.66. The van der Waals surface area contributed by atoms with Crippen LogP contribution in [0.4, 0.5) is 0 Å². The number of piperazine rings is 1. The van der Waals surface area contributed by atoms with Gasteiger partial charge in [0.25, 0.3) is 5.91 Å². The van der Waals surface area contributed by atoms with E-state index >= 15 is 0 Å². The first-order valence-corrected chi connectivity index (χ1v) is 5.59. The Bertz CT molecular complexity index is 417. The van der Waals surface area contributed by atoms with Gasteiger partial charge >= 0.3 is 0 Å². The summed E-state index contributed by atoms with van der Waals surface area (Å²) < 4.78 is 0. The predicted molar refractivity (Wildman–Crippen MR) is 62.2 cm³/mol. The van der Waals surface area contributed by atoms with Crippen LogP contribution in [0.2, 0.25) is 0 Å². The highest BCUT2D eigenvalue weighted by Gasteiger charge is 2.44. The predicted octanol–water partition coefficient (Wildman–Crippen LogP) is -1.23. The molecule has 7 heteroatoms. The minimum absolute atomic E-state index is 0.193. The van der Waals surface area contributed by atoms with Gasteiger partial charge in [-0.15, -0.1) is 0 Å². The van der Waals surface area contributed by atoms with Crippen molar-refractivity contribution in [3.05, 3.63) is 0 Å². The zero-order valence-electron chi connectivity index (χ0n) is 10.9. The van der Waals surface area contributed by atoms with Crippen LogP contribution in [-0.4, -0.2) is 46.7 Å². The van der Waals surface area contributed by atoms with E-state index in [1.165, 1.54) is 18.7 Å². The lowest BCUT2D eigenvalue weighted by Crippen LogP contribution is -2.67. The van der Waals surface area contributed by atoms with Crippen LogP contribution in [0, 0.1) is 0 Å². The summed E-state index contributed by atoms with van der Waals surface area (Å²) >= 11 is 0. The highest BCUT2D eigenvalue weighted by Crippen LogP contribution is 2.19. The van der Waals surface area contributed by atoms with Gasteiger partial charge in [0, 0.05) is 6.92 Å². The van der Waals surface area contributed by atoms with Gasteiger partial charge in [0.05, 0.1) is 0 Å². The second kappa shape index (κ2) is 4.75. The first-order valence-electron chi connectivity index (χ1n) is 5.59. The number of hydrogen-bond acceptors (Lipinski definition) is 4. The van der Waals surface area contributed by atoms with Gasteiger partial charge in [-0.1, -0.05) is 0 Å². The Kier molecular flexibility index (Phi) is 3.73. The second-order valence-electron chi connectivity index (χ2n) is 4.78. The van der Waals surface area contributed by atoms with E-state index in [1.807, 2.05) is 0 Å². The number of carbonyl (C=O) groups is 4. The molecule has 1 aliphatic heterocycles. The molecule has 1 heterocycles. The molecule has 1 fully saturated rings.